The summed E-state index contributed by atoms with van der Waals surface area (Å²) < 4.78 is 36.6. The number of carbonyl (C=O) groups is 2. The minimum Gasteiger partial charge on any atom is -0.465 e. The van der Waals surface area contributed by atoms with Gasteiger partial charge in [0.2, 0.25) is 10.0 Å². The second kappa shape index (κ2) is 8.53. The summed E-state index contributed by atoms with van der Waals surface area (Å²) >= 11 is 0. The highest BCUT2D eigenvalue weighted by Gasteiger charge is 2.26. The lowest BCUT2D eigenvalue weighted by molar-refractivity contribution is 0.0600. The third kappa shape index (κ3) is 4.40. The van der Waals surface area contributed by atoms with Crippen molar-refractivity contribution in [2.75, 3.05) is 20.2 Å². The van der Waals surface area contributed by atoms with Crippen LogP contribution in [0.4, 0.5) is 0 Å². The first-order valence-electron chi connectivity index (χ1n) is 8.92. The van der Waals surface area contributed by atoms with Crippen LogP contribution in [0.25, 0.3) is 0 Å². The Morgan fingerprint density at radius 3 is 1.93 bits per heavy atom. The minimum absolute atomic E-state index is 0.161. The summed E-state index contributed by atoms with van der Waals surface area (Å²) in [6.45, 7) is 1.04. The molecule has 148 valence electrons. The molecule has 1 aliphatic rings. The Morgan fingerprint density at radius 2 is 1.36 bits per heavy atom. The highest BCUT2D eigenvalue weighted by molar-refractivity contribution is 7.89. The smallest absolute Gasteiger partial charge is 0.343 e. The lowest BCUT2D eigenvalue weighted by atomic mass is 10.2. The molecular weight excluding hydrogens is 382 g/mol. The van der Waals surface area contributed by atoms with Gasteiger partial charge in [0.1, 0.15) is 5.75 Å². The molecule has 8 heteroatoms. The lowest BCUT2D eigenvalue weighted by Crippen LogP contribution is -2.35. The number of carbonyl (C=O) groups excluding carboxylic acids is 2. The fourth-order valence-electron chi connectivity index (χ4n) is 2.96. The van der Waals surface area contributed by atoms with Crippen LogP contribution in [0.3, 0.4) is 0 Å². The zero-order valence-electron chi connectivity index (χ0n) is 15.5. The second-order valence-electron chi connectivity index (χ2n) is 6.39. The fourth-order valence-corrected chi connectivity index (χ4v) is 4.48. The first-order chi connectivity index (χ1) is 13.4. The number of hydrogen-bond donors (Lipinski definition) is 0. The third-order valence-corrected chi connectivity index (χ3v) is 6.44. The zero-order chi connectivity index (χ0) is 20.1. The van der Waals surface area contributed by atoms with Crippen LogP contribution in [0.15, 0.2) is 53.4 Å². The molecule has 0 saturated carbocycles. The average Bonchev–Trinajstić information content (AvgIpc) is 2.74. The number of sulfonamides is 1. The summed E-state index contributed by atoms with van der Waals surface area (Å²) in [5.74, 6) is -0.834. The standard InChI is InChI=1S/C20H21NO6S/c1-26-19(22)15-5-9-17(10-6-15)27-20(23)16-7-11-18(12-8-16)28(24,25)21-13-3-2-4-14-21/h5-12H,2-4,13-14H2,1H3. The molecule has 2 aromatic rings. The van der Waals surface area contributed by atoms with Crippen molar-refractivity contribution in [2.45, 2.75) is 24.2 Å². The molecule has 1 heterocycles. The molecule has 0 aromatic heterocycles. The quantitative estimate of drug-likeness (QED) is 0.563. The van der Waals surface area contributed by atoms with Gasteiger partial charge in [0.15, 0.2) is 0 Å². The van der Waals surface area contributed by atoms with E-state index in [0.717, 1.165) is 19.3 Å². The highest BCUT2D eigenvalue weighted by atomic mass is 32.2. The number of piperidine rings is 1. The molecule has 0 bridgehead atoms. The van der Waals surface area contributed by atoms with Gasteiger partial charge >= 0.3 is 11.9 Å². The van der Waals surface area contributed by atoms with Gasteiger partial charge < -0.3 is 9.47 Å². The predicted octanol–water partition coefficient (Wildman–Crippen LogP) is 2.87. The van der Waals surface area contributed by atoms with Crippen molar-refractivity contribution < 1.29 is 27.5 Å². The number of rotatable bonds is 5. The monoisotopic (exact) mass is 403 g/mol. The van der Waals surface area contributed by atoms with E-state index in [1.165, 1.54) is 59.9 Å². The van der Waals surface area contributed by atoms with Crippen LogP contribution in [0.1, 0.15) is 40.0 Å². The van der Waals surface area contributed by atoms with Crippen molar-refractivity contribution >= 4 is 22.0 Å². The number of esters is 2. The molecule has 0 amide bonds. The molecule has 0 atom stereocenters. The van der Waals surface area contributed by atoms with Crippen molar-refractivity contribution in [1.82, 2.24) is 4.31 Å². The van der Waals surface area contributed by atoms with E-state index in [-0.39, 0.29) is 16.2 Å². The van der Waals surface area contributed by atoms with E-state index in [1.54, 1.807) is 0 Å². The Hall–Kier alpha value is -2.71. The van der Waals surface area contributed by atoms with Crippen molar-refractivity contribution in [3.63, 3.8) is 0 Å². The van der Waals surface area contributed by atoms with Crippen LogP contribution in [-0.2, 0) is 14.8 Å². The summed E-state index contributed by atoms with van der Waals surface area (Å²) in [6.07, 6.45) is 2.76. The van der Waals surface area contributed by atoms with Crippen LogP contribution in [0.5, 0.6) is 5.75 Å². The topological polar surface area (TPSA) is 90.0 Å². The summed E-state index contributed by atoms with van der Waals surface area (Å²) in [4.78, 5) is 23.9. The van der Waals surface area contributed by atoms with Gasteiger partial charge in [-0.3, -0.25) is 0 Å². The first-order valence-corrected chi connectivity index (χ1v) is 10.4. The van der Waals surface area contributed by atoms with E-state index in [9.17, 15) is 18.0 Å². The van der Waals surface area contributed by atoms with Gasteiger partial charge in [-0.1, -0.05) is 6.42 Å². The number of hydrogen-bond acceptors (Lipinski definition) is 6. The van der Waals surface area contributed by atoms with Crippen LogP contribution >= 0.6 is 0 Å². The van der Waals surface area contributed by atoms with Gasteiger partial charge in [0.25, 0.3) is 0 Å². The highest BCUT2D eigenvalue weighted by Crippen LogP contribution is 2.21. The summed E-state index contributed by atoms with van der Waals surface area (Å²) in [5.41, 5.74) is 0.573. The Balaban J connectivity index is 1.69. The molecule has 3 rings (SSSR count). The van der Waals surface area contributed by atoms with Gasteiger partial charge in [0, 0.05) is 13.1 Å². The van der Waals surface area contributed by atoms with Gasteiger partial charge in [-0.05, 0) is 61.4 Å². The molecular formula is C20H21NO6S. The molecule has 0 N–H and O–H groups in total. The van der Waals surface area contributed by atoms with E-state index >= 15 is 0 Å². The predicted molar refractivity (Wildman–Crippen MR) is 102 cm³/mol. The van der Waals surface area contributed by atoms with Crippen molar-refractivity contribution in [3.05, 3.63) is 59.7 Å². The molecule has 0 spiro atoms. The van der Waals surface area contributed by atoms with Crippen LogP contribution in [0, 0.1) is 0 Å². The van der Waals surface area contributed by atoms with Crippen molar-refractivity contribution in [1.29, 1.82) is 0 Å². The van der Waals surface area contributed by atoms with Crippen LogP contribution in [0.2, 0.25) is 0 Å². The Kier molecular flexibility index (Phi) is 6.11. The minimum atomic E-state index is -3.54. The number of methoxy groups -OCH3 is 1. The molecule has 1 aliphatic heterocycles. The third-order valence-electron chi connectivity index (χ3n) is 4.53. The van der Waals surface area contributed by atoms with E-state index in [2.05, 4.69) is 4.74 Å². The van der Waals surface area contributed by atoms with Gasteiger partial charge in [-0.15, -0.1) is 0 Å². The van der Waals surface area contributed by atoms with Crippen LogP contribution < -0.4 is 4.74 Å². The summed E-state index contributed by atoms with van der Waals surface area (Å²) in [7, 11) is -2.26. The molecule has 0 aliphatic carbocycles. The average molecular weight is 403 g/mol. The number of ether oxygens (including phenoxy) is 2. The molecule has 1 fully saturated rings. The maximum absolute atomic E-state index is 12.6. The molecule has 0 radical (unpaired) electrons. The van der Waals surface area contributed by atoms with Gasteiger partial charge in [0.05, 0.1) is 23.1 Å². The number of nitrogens with zero attached hydrogens (tertiary/aromatic N) is 1. The maximum atomic E-state index is 12.6. The van der Waals surface area contributed by atoms with E-state index in [0.29, 0.717) is 18.7 Å². The van der Waals surface area contributed by atoms with Gasteiger partial charge in [-0.2, -0.15) is 4.31 Å². The molecule has 0 unspecified atom stereocenters. The Bertz CT molecular complexity index is 945. The van der Waals surface area contributed by atoms with Gasteiger partial charge in [-0.25, -0.2) is 18.0 Å². The lowest BCUT2D eigenvalue weighted by Gasteiger charge is -2.25. The zero-order valence-corrected chi connectivity index (χ0v) is 16.3. The maximum Gasteiger partial charge on any atom is 0.343 e. The van der Waals surface area contributed by atoms with E-state index in [4.69, 9.17) is 4.74 Å². The second-order valence-corrected chi connectivity index (χ2v) is 8.33. The SMILES string of the molecule is COC(=O)c1ccc(OC(=O)c2ccc(S(=O)(=O)N3CCCCC3)cc2)cc1. The normalized spacial score (nSPS) is 15.0. The van der Waals surface area contributed by atoms with E-state index in [1.807, 2.05) is 0 Å². The Labute approximate surface area is 163 Å². The van der Waals surface area contributed by atoms with Crippen LogP contribution in [-0.4, -0.2) is 44.9 Å². The Morgan fingerprint density at radius 1 is 0.821 bits per heavy atom. The molecule has 7 nitrogen and oxygen atoms in total. The van der Waals surface area contributed by atoms with E-state index < -0.39 is 22.0 Å². The molecule has 28 heavy (non-hydrogen) atoms. The molecule has 1 saturated heterocycles. The number of benzene rings is 2. The largest absolute Gasteiger partial charge is 0.465 e. The van der Waals surface area contributed by atoms with Crippen molar-refractivity contribution in [2.24, 2.45) is 0 Å². The molecule has 2 aromatic carbocycles. The van der Waals surface area contributed by atoms with Crippen molar-refractivity contribution in [3.8, 4) is 5.75 Å². The first kappa shape index (κ1) is 20.0. The fraction of sp³-hybridized carbons (Fsp3) is 0.300. The summed E-state index contributed by atoms with van der Waals surface area (Å²) in [6, 6.07) is 11.6. The summed E-state index contributed by atoms with van der Waals surface area (Å²) in [5, 5.41) is 0.